The lowest BCUT2D eigenvalue weighted by Gasteiger charge is -2.40. The number of halogens is 2. The monoisotopic (exact) mass is 726 g/mol. The number of hydrogen-bond donors (Lipinski definition) is 2. The number of nitrogens with zero attached hydrogens (tertiary/aromatic N) is 9. The van der Waals surface area contributed by atoms with E-state index < -0.39 is 17.2 Å². The van der Waals surface area contributed by atoms with Crippen LogP contribution in [0.1, 0.15) is 51.2 Å². The van der Waals surface area contributed by atoms with Crippen LogP contribution in [0.25, 0.3) is 39.1 Å². The number of nitrogen functional groups attached to an aromatic ring is 1. The summed E-state index contributed by atoms with van der Waals surface area (Å²) in [6, 6.07) is 6.08. The van der Waals surface area contributed by atoms with Gasteiger partial charge in [-0.05, 0) is 70.1 Å². The lowest BCUT2D eigenvalue weighted by molar-refractivity contribution is -0.131. The van der Waals surface area contributed by atoms with Gasteiger partial charge < -0.3 is 29.9 Å². The van der Waals surface area contributed by atoms with Crippen molar-refractivity contribution in [3.63, 3.8) is 0 Å². The Kier molecular flexibility index (Phi) is 8.68. The molecule has 4 aromatic heterocycles. The minimum atomic E-state index is -1.27. The van der Waals surface area contributed by atoms with E-state index in [1.807, 2.05) is 11.9 Å². The molecule has 53 heavy (non-hydrogen) atoms. The van der Waals surface area contributed by atoms with Crippen molar-refractivity contribution in [2.75, 3.05) is 57.0 Å². The molecule has 0 atom stereocenters. The molecule has 1 amide bonds. The van der Waals surface area contributed by atoms with Crippen LogP contribution in [-0.4, -0.2) is 103 Å². The Hall–Kier alpha value is -5.35. The first kappa shape index (κ1) is 34.7. The van der Waals surface area contributed by atoms with E-state index in [4.69, 9.17) is 20.0 Å². The highest BCUT2D eigenvalue weighted by Gasteiger charge is 2.45. The van der Waals surface area contributed by atoms with Crippen molar-refractivity contribution in [1.29, 1.82) is 0 Å². The third-order valence-corrected chi connectivity index (χ3v) is 10.5. The highest BCUT2D eigenvalue weighted by molar-refractivity contribution is 5.99. The van der Waals surface area contributed by atoms with E-state index in [0.29, 0.717) is 42.8 Å². The van der Waals surface area contributed by atoms with E-state index in [-0.39, 0.29) is 63.2 Å². The van der Waals surface area contributed by atoms with Crippen LogP contribution in [0.15, 0.2) is 41.1 Å². The second-order valence-corrected chi connectivity index (χ2v) is 14.8. The zero-order chi connectivity index (χ0) is 37.1. The number of amides is 1. The standard InChI is InChI=1S/C37H40F2N10O4/c1-36(2,51)34-43-26(53-46-34)9-10-27(50)48-18-21(19-48)17-47(3)33-23-16-41-32(31-28-22(15-25(40)42-31)7-4-8-24(28)38)29(39)30(23)44-35(45-33)52-20-37-11-5-13-49(37)14-6-12-37/h4,7-10,15-16,21,51H,5-6,11-14,17-20H2,1-3H3,(H2,40,42)/b10-9+. The second kappa shape index (κ2) is 13.3. The van der Waals surface area contributed by atoms with Gasteiger partial charge in [0, 0.05) is 56.3 Å². The third-order valence-electron chi connectivity index (χ3n) is 10.5. The number of aliphatic hydroxyl groups is 1. The summed E-state index contributed by atoms with van der Waals surface area (Å²) in [7, 11) is 1.84. The quantitative estimate of drug-likeness (QED) is 0.195. The molecular weight excluding hydrogens is 686 g/mol. The van der Waals surface area contributed by atoms with E-state index >= 15 is 8.78 Å². The number of benzene rings is 1. The van der Waals surface area contributed by atoms with Crippen molar-refractivity contribution in [1.82, 2.24) is 39.9 Å². The number of anilines is 2. The van der Waals surface area contributed by atoms with Crippen LogP contribution in [0, 0.1) is 17.6 Å². The zero-order valence-electron chi connectivity index (χ0n) is 29.7. The molecule has 5 aromatic rings. The lowest BCUT2D eigenvalue weighted by atomic mass is 9.95. The van der Waals surface area contributed by atoms with Gasteiger partial charge in [0.2, 0.25) is 11.7 Å². The fraction of sp³-hybridized carbons (Fsp3) is 0.432. The topological polar surface area (TPSA) is 173 Å². The summed E-state index contributed by atoms with van der Waals surface area (Å²) in [6.07, 6.45) is 8.45. The number of nitrogens with two attached hydrogens (primary N) is 1. The number of carbonyl (C=O) groups is 1. The van der Waals surface area contributed by atoms with E-state index in [1.54, 1.807) is 17.0 Å². The van der Waals surface area contributed by atoms with Crippen LogP contribution >= 0.6 is 0 Å². The maximum Gasteiger partial charge on any atom is 0.319 e. The first-order valence-corrected chi connectivity index (χ1v) is 17.7. The van der Waals surface area contributed by atoms with Gasteiger partial charge in [-0.25, -0.2) is 13.8 Å². The minimum Gasteiger partial charge on any atom is -0.461 e. The molecule has 16 heteroatoms. The van der Waals surface area contributed by atoms with E-state index in [1.165, 1.54) is 44.3 Å². The van der Waals surface area contributed by atoms with Gasteiger partial charge in [-0.15, -0.1) is 0 Å². The number of rotatable bonds is 10. The summed E-state index contributed by atoms with van der Waals surface area (Å²) in [5, 5.41) is 14.7. The molecule has 3 aliphatic rings. The molecule has 8 rings (SSSR count). The van der Waals surface area contributed by atoms with Crippen LogP contribution in [0.4, 0.5) is 20.4 Å². The number of likely N-dealkylation sites (tertiary alicyclic amines) is 1. The minimum absolute atomic E-state index is 0.0232. The van der Waals surface area contributed by atoms with Gasteiger partial charge in [0.25, 0.3) is 5.89 Å². The zero-order valence-corrected chi connectivity index (χ0v) is 29.7. The van der Waals surface area contributed by atoms with Crippen molar-refractivity contribution >= 4 is 45.3 Å². The van der Waals surface area contributed by atoms with Crippen molar-refractivity contribution in [3.05, 3.63) is 59.9 Å². The summed E-state index contributed by atoms with van der Waals surface area (Å²) in [6.45, 7) is 6.95. The predicted octanol–water partition coefficient (Wildman–Crippen LogP) is 4.33. The highest BCUT2D eigenvalue weighted by atomic mass is 19.1. The Morgan fingerprint density at radius 2 is 1.92 bits per heavy atom. The number of ether oxygens (including phenoxy) is 1. The normalized spacial score (nSPS) is 17.6. The Morgan fingerprint density at radius 1 is 1.15 bits per heavy atom. The molecule has 0 saturated carbocycles. The number of carbonyl (C=O) groups excluding carboxylic acids is 1. The van der Waals surface area contributed by atoms with Gasteiger partial charge in [-0.3, -0.25) is 14.7 Å². The van der Waals surface area contributed by atoms with Crippen molar-refractivity contribution < 1.29 is 27.9 Å². The average Bonchev–Trinajstić information content (AvgIpc) is 3.84. The summed E-state index contributed by atoms with van der Waals surface area (Å²) < 4.78 is 43.3. The maximum absolute atomic E-state index is 16.7. The number of pyridine rings is 2. The van der Waals surface area contributed by atoms with Gasteiger partial charge in [-0.1, -0.05) is 17.3 Å². The third kappa shape index (κ3) is 6.50. The van der Waals surface area contributed by atoms with E-state index in [9.17, 15) is 9.90 Å². The first-order valence-electron chi connectivity index (χ1n) is 17.7. The van der Waals surface area contributed by atoms with Crippen molar-refractivity contribution in [2.45, 2.75) is 50.7 Å². The molecule has 14 nitrogen and oxygen atoms in total. The predicted molar refractivity (Wildman–Crippen MR) is 193 cm³/mol. The molecule has 0 spiro atoms. The van der Waals surface area contributed by atoms with Gasteiger partial charge in [0.15, 0.2) is 5.82 Å². The highest BCUT2D eigenvalue weighted by Crippen LogP contribution is 2.40. The number of fused-ring (bicyclic) bond motifs is 3. The van der Waals surface area contributed by atoms with E-state index in [0.717, 1.165) is 38.8 Å². The molecule has 7 heterocycles. The molecule has 3 fully saturated rings. The van der Waals surface area contributed by atoms with Gasteiger partial charge >= 0.3 is 6.01 Å². The summed E-state index contributed by atoms with van der Waals surface area (Å²) >= 11 is 0. The molecule has 3 saturated heterocycles. The molecule has 0 bridgehead atoms. The first-order chi connectivity index (χ1) is 25.4. The van der Waals surface area contributed by atoms with Crippen LogP contribution in [-0.2, 0) is 10.4 Å². The molecule has 3 aliphatic heterocycles. The molecule has 0 aliphatic carbocycles. The van der Waals surface area contributed by atoms with Gasteiger partial charge in [-0.2, -0.15) is 15.0 Å². The Morgan fingerprint density at radius 3 is 2.66 bits per heavy atom. The molecule has 0 unspecified atom stereocenters. The van der Waals surface area contributed by atoms with Gasteiger partial charge in [0.1, 0.15) is 46.6 Å². The summed E-state index contributed by atoms with van der Waals surface area (Å²) in [4.78, 5) is 41.1. The smallest absolute Gasteiger partial charge is 0.319 e. The largest absolute Gasteiger partial charge is 0.461 e. The van der Waals surface area contributed by atoms with Crippen molar-refractivity contribution in [3.8, 4) is 17.4 Å². The van der Waals surface area contributed by atoms with Crippen LogP contribution in [0.2, 0.25) is 0 Å². The van der Waals surface area contributed by atoms with Crippen LogP contribution in [0.5, 0.6) is 6.01 Å². The number of hydrogen-bond acceptors (Lipinski definition) is 13. The SMILES string of the molecule is CN(CC1CN(C(=O)/C=C/c2nc(C(C)(C)O)no2)C1)c1nc(OCC23CCCN2CCC3)nc2c(F)c(-c3nc(N)cc4cccc(F)c34)ncc12. The Bertz CT molecular complexity index is 2240. The molecule has 1 aromatic carbocycles. The molecule has 3 N–H and O–H groups in total. The van der Waals surface area contributed by atoms with Gasteiger partial charge in [0.05, 0.1) is 10.9 Å². The summed E-state index contributed by atoms with van der Waals surface area (Å²) in [5.41, 5.74) is 4.47. The number of aromatic nitrogens is 6. The average molecular weight is 727 g/mol. The fourth-order valence-electron chi connectivity index (χ4n) is 7.80. The van der Waals surface area contributed by atoms with Crippen LogP contribution in [0.3, 0.4) is 0 Å². The molecular formula is C37H40F2N10O4. The Balaban J connectivity index is 1.07. The Labute approximate surface area is 303 Å². The molecule has 276 valence electrons. The molecule has 0 radical (unpaired) electrons. The fourth-order valence-corrected chi connectivity index (χ4v) is 7.80. The summed E-state index contributed by atoms with van der Waals surface area (Å²) in [5.74, 6) is -0.759. The van der Waals surface area contributed by atoms with Crippen LogP contribution < -0.4 is 15.4 Å². The van der Waals surface area contributed by atoms with Crippen molar-refractivity contribution in [2.24, 2.45) is 5.92 Å². The lowest BCUT2D eigenvalue weighted by Crippen LogP contribution is -2.53. The van der Waals surface area contributed by atoms with E-state index in [2.05, 4.69) is 30.0 Å². The second-order valence-electron chi connectivity index (χ2n) is 14.8. The maximum atomic E-state index is 16.7.